The van der Waals surface area contributed by atoms with Gasteiger partial charge >= 0.3 is 0 Å². The molecular weight excluding hydrogens is 332 g/mol. The molecule has 120 valence electrons. The summed E-state index contributed by atoms with van der Waals surface area (Å²) in [6.07, 6.45) is 0.400. The van der Waals surface area contributed by atoms with Gasteiger partial charge in [-0.25, -0.2) is 0 Å². The quantitative estimate of drug-likeness (QED) is 0.760. The lowest BCUT2D eigenvalue weighted by atomic mass is 10.2. The maximum atomic E-state index is 12.0. The summed E-state index contributed by atoms with van der Waals surface area (Å²) < 4.78 is 0. The van der Waals surface area contributed by atoms with E-state index in [-0.39, 0.29) is 11.8 Å². The van der Waals surface area contributed by atoms with E-state index in [1.165, 1.54) is 6.92 Å². The van der Waals surface area contributed by atoms with Gasteiger partial charge in [0.25, 0.3) is 0 Å². The first kappa shape index (κ1) is 17.4. The molecule has 2 rings (SSSR count). The van der Waals surface area contributed by atoms with Gasteiger partial charge in [-0.2, -0.15) is 0 Å². The van der Waals surface area contributed by atoms with Gasteiger partial charge in [-0.05, 0) is 42.5 Å². The molecule has 0 bridgehead atoms. The van der Waals surface area contributed by atoms with Crippen LogP contribution >= 0.6 is 23.4 Å². The van der Waals surface area contributed by atoms with Gasteiger partial charge in [-0.15, -0.1) is 11.8 Å². The van der Waals surface area contributed by atoms with Crippen molar-refractivity contribution >= 4 is 46.6 Å². The van der Waals surface area contributed by atoms with Crippen molar-refractivity contribution in [2.24, 2.45) is 0 Å². The molecule has 0 saturated heterocycles. The third-order valence-electron chi connectivity index (χ3n) is 2.88. The summed E-state index contributed by atoms with van der Waals surface area (Å²) in [5, 5.41) is 6.21. The van der Waals surface area contributed by atoms with Crippen LogP contribution in [0, 0.1) is 0 Å². The highest BCUT2D eigenvalue weighted by Gasteiger charge is 2.04. The number of amides is 2. The summed E-state index contributed by atoms with van der Waals surface area (Å²) in [6, 6.07) is 14.6. The van der Waals surface area contributed by atoms with Crippen molar-refractivity contribution in [3.05, 3.63) is 53.6 Å². The van der Waals surface area contributed by atoms with Gasteiger partial charge in [0.05, 0.1) is 0 Å². The van der Waals surface area contributed by atoms with Gasteiger partial charge < -0.3 is 10.6 Å². The fraction of sp³-hybridized carbons (Fsp3) is 0.176. The van der Waals surface area contributed by atoms with Crippen LogP contribution < -0.4 is 10.6 Å². The van der Waals surface area contributed by atoms with Crippen LogP contribution in [0.2, 0.25) is 5.02 Å². The largest absolute Gasteiger partial charge is 0.326 e. The molecule has 0 aromatic heterocycles. The predicted octanol–water partition coefficient (Wildman–Crippen LogP) is 4.42. The van der Waals surface area contributed by atoms with E-state index in [1.807, 2.05) is 24.3 Å². The molecule has 6 heteroatoms. The molecule has 4 nitrogen and oxygen atoms in total. The maximum Gasteiger partial charge on any atom is 0.225 e. The smallest absolute Gasteiger partial charge is 0.225 e. The zero-order chi connectivity index (χ0) is 16.7. The zero-order valence-corrected chi connectivity index (χ0v) is 14.2. The van der Waals surface area contributed by atoms with Gasteiger partial charge in [0.2, 0.25) is 11.8 Å². The van der Waals surface area contributed by atoms with Crippen molar-refractivity contribution < 1.29 is 9.59 Å². The van der Waals surface area contributed by atoms with Gasteiger partial charge in [0.1, 0.15) is 0 Å². The Kier molecular flexibility index (Phi) is 6.50. The van der Waals surface area contributed by atoms with Crippen LogP contribution in [0.4, 0.5) is 11.4 Å². The predicted molar refractivity (Wildman–Crippen MR) is 96.2 cm³/mol. The minimum absolute atomic E-state index is 0.0635. The molecule has 23 heavy (non-hydrogen) atoms. The van der Waals surface area contributed by atoms with Gasteiger partial charge in [0, 0.05) is 40.4 Å². The van der Waals surface area contributed by atoms with Crippen LogP contribution in [0.1, 0.15) is 13.3 Å². The average Bonchev–Trinajstić information content (AvgIpc) is 2.49. The van der Waals surface area contributed by atoms with Gasteiger partial charge in [-0.1, -0.05) is 17.7 Å². The van der Waals surface area contributed by atoms with E-state index in [0.29, 0.717) is 28.6 Å². The molecule has 2 aromatic carbocycles. The number of anilines is 2. The van der Waals surface area contributed by atoms with E-state index in [9.17, 15) is 9.59 Å². The van der Waals surface area contributed by atoms with E-state index in [4.69, 9.17) is 11.6 Å². The Morgan fingerprint density at radius 3 is 2.35 bits per heavy atom. The summed E-state index contributed by atoms with van der Waals surface area (Å²) in [5.74, 6) is 0.470. The molecule has 0 saturated carbocycles. The fourth-order valence-electron chi connectivity index (χ4n) is 1.89. The number of carbonyl (C=O) groups is 2. The Bertz CT molecular complexity index is 689. The molecule has 2 amide bonds. The Morgan fingerprint density at radius 1 is 1.04 bits per heavy atom. The second-order valence-corrected chi connectivity index (χ2v) is 6.47. The molecule has 0 aliphatic carbocycles. The summed E-state index contributed by atoms with van der Waals surface area (Å²) in [7, 11) is 0. The van der Waals surface area contributed by atoms with Crippen LogP contribution in [0.15, 0.2) is 53.4 Å². The van der Waals surface area contributed by atoms with Crippen molar-refractivity contribution in [3.63, 3.8) is 0 Å². The lowest BCUT2D eigenvalue weighted by Crippen LogP contribution is -2.12. The van der Waals surface area contributed by atoms with E-state index >= 15 is 0 Å². The van der Waals surface area contributed by atoms with Gasteiger partial charge in [-0.3, -0.25) is 9.59 Å². The summed E-state index contributed by atoms with van der Waals surface area (Å²) in [5.41, 5.74) is 1.32. The molecule has 0 fully saturated rings. The monoisotopic (exact) mass is 348 g/mol. The number of benzene rings is 2. The molecule has 0 heterocycles. The maximum absolute atomic E-state index is 12.0. The third kappa shape index (κ3) is 6.34. The summed E-state index contributed by atoms with van der Waals surface area (Å²) >= 11 is 7.43. The molecule has 0 atom stereocenters. The summed E-state index contributed by atoms with van der Waals surface area (Å²) in [6.45, 7) is 1.44. The first-order chi connectivity index (χ1) is 11.0. The fourth-order valence-corrected chi connectivity index (χ4v) is 2.87. The van der Waals surface area contributed by atoms with Crippen LogP contribution in [-0.2, 0) is 9.59 Å². The van der Waals surface area contributed by atoms with E-state index in [0.717, 1.165) is 4.90 Å². The molecule has 0 unspecified atom stereocenters. The highest BCUT2D eigenvalue weighted by Crippen LogP contribution is 2.21. The van der Waals surface area contributed by atoms with Gasteiger partial charge in [0.15, 0.2) is 0 Å². The van der Waals surface area contributed by atoms with Crippen LogP contribution in [0.5, 0.6) is 0 Å². The Balaban J connectivity index is 1.80. The number of hydrogen-bond acceptors (Lipinski definition) is 3. The second-order valence-electron chi connectivity index (χ2n) is 4.86. The van der Waals surface area contributed by atoms with Crippen molar-refractivity contribution in [2.45, 2.75) is 18.2 Å². The highest BCUT2D eigenvalue weighted by atomic mass is 35.5. The van der Waals surface area contributed by atoms with Crippen molar-refractivity contribution in [1.82, 2.24) is 0 Å². The molecule has 0 aliphatic heterocycles. The number of halogens is 1. The molecule has 2 N–H and O–H groups in total. The Hall–Kier alpha value is -1.98. The van der Waals surface area contributed by atoms with Crippen molar-refractivity contribution in [1.29, 1.82) is 0 Å². The Labute approximate surface area is 144 Å². The number of hydrogen-bond donors (Lipinski definition) is 2. The molecule has 2 aromatic rings. The number of rotatable bonds is 6. The number of carbonyl (C=O) groups excluding carboxylic acids is 2. The van der Waals surface area contributed by atoms with E-state index in [1.54, 1.807) is 36.0 Å². The van der Waals surface area contributed by atoms with Crippen LogP contribution in [0.25, 0.3) is 0 Å². The minimum atomic E-state index is -0.146. The SMILES string of the molecule is CC(=O)Nc1cccc(NC(=O)CCSc2ccc(Cl)cc2)c1. The normalized spacial score (nSPS) is 10.2. The van der Waals surface area contributed by atoms with Crippen LogP contribution in [-0.4, -0.2) is 17.6 Å². The Morgan fingerprint density at radius 2 is 1.70 bits per heavy atom. The van der Waals surface area contributed by atoms with Crippen molar-refractivity contribution in [2.75, 3.05) is 16.4 Å². The second kappa shape index (κ2) is 8.60. The first-order valence-corrected chi connectivity index (χ1v) is 8.45. The molecule has 0 radical (unpaired) electrons. The first-order valence-electron chi connectivity index (χ1n) is 7.09. The zero-order valence-electron chi connectivity index (χ0n) is 12.6. The van der Waals surface area contributed by atoms with Crippen molar-refractivity contribution in [3.8, 4) is 0 Å². The third-order valence-corrected chi connectivity index (χ3v) is 4.14. The highest BCUT2D eigenvalue weighted by molar-refractivity contribution is 7.99. The lowest BCUT2D eigenvalue weighted by molar-refractivity contribution is -0.116. The minimum Gasteiger partial charge on any atom is -0.326 e. The average molecular weight is 349 g/mol. The molecule has 0 aliphatic rings. The standard InChI is InChI=1S/C17H17ClN2O2S/c1-12(21)19-14-3-2-4-15(11-14)20-17(22)9-10-23-16-7-5-13(18)6-8-16/h2-8,11H,9-10H2,1H3,(H,19,21)(H,20,22). The lowest BCUT2D eigenvalue weighted by Gasteiger charge is -2.08. The summed E-state index contributed by atoms with van der Waals surface area (Å²) in [4.78, 5) is 24.1. The molecule has 0 spiro atoms. The topological polar surface area (TPSA) is 58.2 Å². The van der Waals surface area contributed by atoms with E-state index < -0.39 is 0 Å². The van der Waals surface area contributed by atoms with E-state index in [2.05, 4.69) is 10.6 Å². The van der Waals surface area contributed by atoms with Crippen LogP contribution in [0.3, 0.4) is 0 Å². The number of nitrogens with one attached hydrogen (secondary N) is 2. The molecular formula is C17H17ClN2O2S. The number of thioether (sulfide) groups is 1.